The van der Waals surface area contributed by atoms with Crippen LogP contribution in [0.4, 0.5) is 0 Å². The molecule has 1 saturated heterocycles. The molecule has 21 heavy (non-hydrogen) atoms. The number of likely N-dealkylation sites (tertiary alicyclic amines) is 1. The Labute approximate surface area is 124 Å². The van der Waals surface area contributed by atoms with E-state index in [0.29, 0.717) is 25.6 Å². The topological polar surface area (TPSA) is 60.9 Å². The Morgan fingerprint density at radius 3 is 2.76 bits per heavy atom. The molecule has 1 aromatic rings. The monoisotopic (exact) mass is 288 g/mol. The van der Waals surface area contributed by atoms with Gasteiger partial charge in [-0.3, -0.25) is 9.59 Å². The second kappa shape index (κ2) is 5.39. The number of carbonyl (C=O) groups excluding carboxylic acids is 2. The first-order valence-corrected chi connectivity index (χ1v) is 7.37. The van der Waals surface area contributed by atoms with Crippen molar-refractivity contribution in [2.45, 2.75) is 31.8 Å². The summed E-state index contributed by atoms with van der Waals surface area (Å²) in [5.74, 6) is 0.0368. The molecule has 1 N–H and O–H groups in total. The quantitative estimate of drug-likeness (QED) is 0.910. The summed E-state index contributed by atoms with van der Waals surface area (Å²) < 4.78 is 0. The summed E-state index contributed by atoms with van der Waals surface area (Å²) in [4.78, 5) is 27.8. The number of carbonyl (C=O) groups is 2. The fraction of sp³-hybridized carbons (Fsp3) is 0.500. The van der Waals surface area contributed by atoms with E-state index in [1.807, 2.05) is 11.0 Å². The number of benzene rings is 1. The van der Waals surface area contributed by atoms with Crippen LogP contribution >= 0.6 is 0 Å². The fourth-order valence-corrected chi connectivity index (χ4v) is 2.93. The third kappa shape index (κ3) is 2.86. The van der Waals surface area contributed by atoms with Crippen molar-refractivity contribution in [1.29, 1.82) is 0 Å². The molecule has 0 radical (unpaired) electrons. The Morgan fingerprint density at radius 1 is 1.38 bits per heavy atom. The highest BCUT2D eigenvalue weighted by Crippen LogP contribution is 2.33. The standard InChI is InChI=1S/C16H20N2O3/c1-17(9-11-4-2-3-5-14(11)19)16(21)12-8-15(20)18(10-12)13-6-7-13/h2-5,12-13,19H,6-10H2,1H3/t12-/m1/s1. The maximum atomic E-state index is 12.5. The van der Waals surface area contributed by atoms with Crippen LogP contribution in [0, 0.1) is 5.92 Å². The molecule has 2 fully saturated rings. The highest BCUT2D eigenvalue weighted by Gasteiger charge is 2.42. The summed E-state index contributed by atoms with van der Waals surface area (Å²) in [6.45, 7) is 0.910. The Bertz CT molecular complexity index is 568. The molecule has 1 saturated carbocycles. The van der Waals surface area contributed by atoms with Crippen LogP contribution in [-0.2, 0) is 16.1 Å². The average molecular weight is 288 g/mol. The highest BCUT2D eigenvalue weighted by atomic mass is 16.3. The van der Waals surface area contributed by atoms with Crippen LogP contribution < -0.4 is 0 Å². The summed E-state index contributed by atoms with van der Waals surface area (Å²) in [6, 6.07) is 7.38. The van der Waals surface area contributed by atoms with Gasteiger partial charge in [-0.2, -0.15) is 0 Å². The van der Waals surface area contributed by atoms with Crippen LogP contribution in [0.15, 0.2) is 24.3 Å². The van der Waals surface area contributed by atoms with E-state index in [-0.39, 0.29) is 23.5 Å². The first kappa shape index (κ1) is 13.9. The molecular weight excluding hydrogens is 268 g/mol. The number of rotatable bonds is 4. The van der Waals surface area contributed by atoms with Gasteiger partial charge in [0.15, 0.2) is 0 Å². The van der Waals surface area contributed by atoms with Gasteiger partial charge in [-0.05, 0) is 18.9 Å². The van der Waals surface area contributed by atoms with E-state index < -0.39 is 0 Å². The van der Waals surface area contributed by atoms with E-state index in [4.69, 9.17) is 0 Å². The highest BCUT2D eigenvalue weighted by molar-refractivity contribution is 5.89. The lowest BCUT2D eigenvalue weighted by Crippen LogP contribution is -2.34. The van der Waals surface area contributed by atoms with E-state index >= 15 is 0 Å². The molecule has 3 rings (SSSR count). The Balaban J connectivity index is 1.62. The Morgan fingerprint density at radius 2 is 2.10 bits per heavy atom. The second-order valence-electron chi connectivity index (χ2n) is 6.00. The molecule has 2 amide bonds. The van der Waals surface area contributed by atoms with Gasteiger partial charge < -0.3 is 14.9 Å². The van der Waals surface area contributed by atoms with Crippen molar-refractivity contribution < 1.29 is 14.7 Å². The summed E-state index contributed by atoms with van der Waals surface area (Å²) >= 11 is 0. The minimum Gasteiger partial charge on any atom is -0.508 e. The number of aromatic hydroxyl groups is 1. The molecule has 0 bridgehead atoms. The summed E-state index contributed by atoms with van der Waals surface area (Å²) in [6.07, 6.45) is 2.46. The number of nitrogens with zero attached hydrogens (tertiary/aromatic N) is 2. The number of hydrogen-bond donors (Lipinski definition) is 1. The molecule has 0 spiro atoms. The van der Waals surface area contributed by atoms with Gasteiger partial charge >= 0.3 is 0 Å². The number of para-hydroxylation sites is 1. The van der Waals surface area contributed by atoms with Crippen LogP contribution in [0.25, 0.3) is 0 Å². The van der Waals surface area contributed by atoms with Gasteiger partial charge in [-0.25, -0.2) is 0 Å². The zero-order valence-electron chi connectivity index (χ0n) is 12.2. The smallest absolute Gasteiger partial charge is 0.228 e. The van der Waals surface area contributed by atoms with Crippen molar-refractivity contribution in [3.63, 3.8) is 0 Å². The molecule has 2 aliphatic rings. The minimum atomic E-state index is -0.242. The predicted octanol–water partition coefficient (Wildman–Crippen LogP) is 1.36. The summed E-state index contributed by atoms with van der Waals surface area (Å²) in [5.41, 5.74) is 0.719. The Hall–Kier alpha value is -2.04. The molecule has 112 valence electrons. The molecule has 5 nitrogen and oxygen atoms in total. The maximum absolute atomic E-state index is 12.5. The number of phenolic OH excluding ortho intramolecular Hbond substituents is 1. The van der Waals surface area contributed by atoms with Gasteiger partial charge in [-0.15, -0.1) is 0 Å². The van der Waals surface area contributed by atoms with Gasteiger partial charge in [-0.1, -0.05) is 18.2 Å². The number of amides is 2. The van der Waals surface area contributed by atoms with E-state index in [2.05, 4.69) is 0 Å². The van der Waals surface area contributed by atoms with Crippen molar-refractivity contribution >= 4 is 11.8 Å². The molecule has 0 unspecified atom stereocenters. The molecule has 1 heterocycles. The van der Waals surface area contributed by atoms with Crippen molar-refractivity contribution in [2.24, 2.45) is 5.92 Å². The van der Waals surface area contributed by atoms with Crippen molar-refractivity contribution in [3.05, 3.63) is 29.8 Å². The van der Waals surface area contributed by atoms with E-state index in [1.165, 1.54) is 0 Å². The molecule has 1 atom stereocenters. The lowest BCUT2D eigenvalue weighted by atomic mass is 10.1. The third-order valence-electron chi connectivity index (χ3n) is 4.27. The molecule has 1 aliphatic carbocycles. The lowest BCUT2D eigenvalue weighted by molar-refractivity contribution is -0.135. The first-order chi connectivity index (χ1) is 10.1. The first-order valence-electron chi connectivity index (χ1n) is 7.37. The van der Waals surface area contributed by atoms with Gasteiger partial charge in [0.2, 0.25) is 11.8 Å². The van der Waals surface area contributed by atoms with Gasteiger partial charge in [0.05, 0.1) is 5.92 Å². The minimum absolute atomic E-state index is 0.0187. The van der Waals surface area contributed by atoms with E-state index in [9.17, 15) is 14.7 Å². The predicted molar refractivity (Wildman–Crippen MR) is 77.4 cm³/mol. The fourth-order valence-electron chi connectivity index (χ4n) is 2.93. The van der Waals surface area contributed by atoms with Crippen LogP contribution in [0.5, 0.6) is 5.75 Å². The van der Waals surface area contributed by atoms with Crippen molar-refractivity contribution in [3.8, 4) is 5.75 Å². The summed E-state index contributed by atoms with van der Waals surface area (Å²) in [7, 11) is 1.72. The molecule has 5 heteroatoms. The lowest BCUT2D eigenvalue weighted by Gasteiger charge is -2.22. The number of hydrogen-bond acceptors (Lipinski definition) is 3. The zero-order chi connectivity index (χ0) is 15.0. The van der Waals surface area contributed by atoms with Gasteiger partial charge in [0.25, 0.3) is 0 Å². The van der Waals surface area contributed by atoms with Gasteiger partial charge in [0.1, 0.15) is 5.75 Å². The van der Waals surface area contributed by atoms with Crippen LogP contribution in [0.3, 0.4) is 0 Å². The third-order valence-corrected chi connectivity index (χ3v) is 4.27. The molecular formula is C16H20N2O3. The normalized spacial score (nSPS) is 21.7. The van der Waals surface area contributed by atoms with Crippen LogP contribution in [0.1, 0.15) is 24.8 Å². The van der Waals surface area contributed by atoms with Crippen LogP contribution in [-0.4, -0.2) is 46.4 Å². The maximum Gasteiger partial charge on any atom is 0.228 e. The molecule has 1 aromatic carbocycles. The SMILES string of the molecule is CN(Cc1ccccc1O)C(=O)[C@@H]1CC(=O)N(C2CC2)C1. The second-order valence-corrected chi connectivity index (χ2v) is 6.00. The largest absolute Gasteiger partial charge is 0.508 e. The van der Waals surface area contributed by atoms with E-state index in [0.717, 1.165) is 18.4 Å². The van der Waals surface area contributed by atoms with Crippen molar-refractivity contribution in [1.82, 2.24) is 9.80 Å². The molecule has 0 aromatic heterocycles. The van der Waals surface area contributed by atoms with Gasteiger partial charge in [0, 0.05) is 38.2 Å². The number of phenols is 1. The molecule has 1 aliphatic heterocycles. The van der Waals surface area contributed by atoms with Crippen molar-refractivity contribution in [2.75, 3.05) is 13.6 Å². The Kier molecular flexibility index (Phi) is 3.57. The zero-order valence-corrected chi connectivity index (χ0v) is 12.2. The van der Waals surface area contributed by atoms with Crippen LogP contribution in [0.2, 0.25) is 0 Å². The average Bonchev–Trinajstić information content (AvgIpc) is 3.23. The van der Waals surface area contributed by atoms with E-state index in [1.54, 1.807) is 30.1 Å². The summed E-state index contributed by atoms with van der Waals surface area (Å²) in [5, 5.41) is 9.77.